The Hall–Kier alpha value is -5.88. The van der Waals surface area contributed by atoms with E-state index in [9.17, 15) is 13.2 Å². The molecule has 0 saturated carbocycles. The van der Waals surface area contributed by atoms with Crippen molar-refractivity contribution < 1.29 is 22.0 Å². The summed E-state index contributed by atoms with van der Waals surface area (Å²) in [6.45, 7) is 7.21. The molecule has 0 radical (unpaired) electrons. The molecule has 3 nitrogen and oxygen atoms in total. The van der Waals surface area contributed by atoms with Crippen molar-refractivity contribution in [3.63, 3.8) is 0 Å². The fourth-order valence-corrected chi connectivity index (χ4v) is 6.72. The molecule has 0 unspecified atom stereocenters. The first-order chi connectivity index (χ1) is 22.4. The van der Waals surface area contributed by atoms with Gasteiger partial charge in [0.1, 0.15) is 0 Å². The zero-order valence-corrected chi connectivity index (χ0v) is 23.8. The molecule has 2 heterocycles. The Bertz CT molecular complexity index is 2220. The van der Waals surface area contributed by atoms with Gasteiger partial charge in [0.2, 0.25) is 5.82 Å². The fraction of sp³-hybridized carbons (Fsp3) is 0. The van der Waals surface area contributed by atoms with Gasteiger partial charge < -0.3 is 9.80 Å². The van der Waals surface area contributed by atoms with E-state index in [1.807, 2.05) is 95.9 Å². The van der Waals surface area contributed by atoms with Gasteiger partial charge in [-0.2, -0.15) is 0 Å². The van der Waals surface area contributed by atoms with Gasteiger partial charge in [-0.25, -0.2) is 26.8 Å². The standard InChI is InChI=1S/C37H19BF5N3/c1-44-22-16-17-25-30(20-22)46(24-11-6-3-7-12-24)29-14-8-13-28-32(29)38(25)26-19-21(31-33(39)35(41)37(43)36(42)34(31)40)15-18-27(26)45(28)23-9-4-2-5-10-23/h2-20H. The minimum Gasteiger partial charge on any atom is -0.313 e. The number of anilines is 6. The predicted molar refractivity (Wildman–Crippen MR) is 172 cm³/mol. The van der Waals surface area contributed by atoms with Crippen molar-refractivity contribution >= 4 is 62.9 Å². The van der Waals surface area contributed by atoms with E-state index in [2.05, 4.69) is 9.74 Å². The lowest BCUT2D eigenvalue weighted by Gasteiger charge is -2.44. The number of nitrogens with zero attached hydrogens (tertiary/aromatic N) is 3. The summed E-state index contributed by atoms with van der Waals surface area (Å²) in [7, 11) is 0. The summed E-state index contributed by atoms with van der Waals surface area (Å²) < 4.78 is 73.1. The van der Waals surface area contributed by atoms with E-state index in [1.165, 1.54) is 12.1 Å². The average molecular weight is 611 g/mol. The molecule has 2 aliphatic rings. The lowest BCUT2D eigenvalue weighted by Crippen LogP contribution is -2.61. The molecule has 0 fully saturated rings. The third kappa shape index (κ3) is 3.90. The highest BCUT2D eigenvalue weighted by Crippen LogP contribution is 2.45. The van der Waals surface area contributed by atoms with Crippen LogP contribution in [0.4, 0.5) is 61.8 Å². The van der Waals surface area contributed by atoms with Gasteiger partial charge in [0, 0.05) is 34.1 Å². The van der Waals surface area contributed by atoms with Crippen molar-refractivity contribution in [3.8, 4) is 11.1 Å². The third-order valence-electron chi connectivity index (χ3n) is 8.63. The van der Waals surface area contributed by atoms with Crippen LogP contribution in [0, 0.1) is 35.7 Å². The first-order valence-corrected chi connectivity index (χ1v) is 14.4. The molecule has 0 atom stereocenters. The predicted octanol–water partition coefficient (Wildman–Crippen LogP) is 8.68. The van der Waals surface area contributed by atoms with Crippen molar-refractivity contribution in [1.29, 1.82) is 0 Å². The van der Waals surface area contributed by atoms with E-state index in [-0.39, 0.29) is 5.56 Å². The van der Waals surface area contributed by atoms with E-state index in [0.717, 1.165) is 39.4 Å². The van der Waals surface area contributed by atoms with Crippen LogP contribution in [0.5, 0.6) is 0 Å². The summed E-state index contributed by atoms with van der Waals surface area (Å²) in [6.07, 6.45) is 0. The first kappa shape index (κ1) is 27.7. The zero-order chi connectivity index (χ0) is 31.7. The quantitative estimate of drug-likeness (QED) is 0.0651. The highest BCUT2D eigenvalue weighted by molar-refractivity contribution is 7.00. The molecule has 9 heteroatoms. The molecule has 0 bridgehead atoms. The van der Waals surface area contributed by atoms with E-state index in [0.29, 0.717) is 16.8 Å². The Morgan fingerprint density at radius 2 is 1.07 bits per heavy atom. The van der Waals surface area contributed by atoms with Crippen LogP contribution in [0.15, 0.2) is 115 Å². The minimum atomic E-state index is -2.21. The van der Waals surface area contributed by atoms with Crippen LogP contribution in [0.1, 0.15) is 0 Å². The van der Waals surface area contributed by atoms with E-state index < -0.39 is 41.4 Å². The summed E-state index contributed by atoms with van der Waals surface area (Å²) in [4.78, 5) is 7.79. The molecule has 46 heavy (non-hydrogen) atoms. The summed E-state index contributed by atoms with van der Waals surface area (Å²) in [5.41, 5.74) is 6.41. The Morgan fingerprint density at radius 1 is 0.500 bits per heavy atom. The number of benzene rings is 6. The minimum absolute atomic E-state index is 0.148. The highest BCUT2D eigenvalue weighted by Gasteiger charge is 2.43. The van der Waals surface area contributed by atoms with Crippen LogP contribution in [0.25, 0.3) is 16.0 Å². The summed E-state index contributed by atoms with van der Waals surface area (Å²) >= 11 is 0. The highest BCUT2D eigenvalue weighted by atomic mass is 19.2. The van der Waals surface area contributed by atoms with Crippen LogP contribution in [-0.4, -0.2) is 6.71 Å². The van der Waals surface area contributed by atoms with E-state index in [1.54, 1.807) is 12.1 Å². The summed E-state index contributed by atoms with van der Waals surface area (Å²) in [6, 6.07) is 35.2. The van der Waals surface area contributed by atoms with Crippen molar-refractivity contribution in [2.75, 3.05) is 9.80 Å². The summed E-state index contributed by atoms with van der Waals surface area (Å²) in [5.74, 6) is -10.00. The number of fused-ring (bicyclic) bond motifs is 4. The molecule has 0 N–H and O–H groups in total. The smallest absolute Gasteiger partial charge is 0.252 e. The molecule has 220 valence electrons. The van der Waals surface area contributed by atoms with Crippen molar-refractivity contribution in [2.24, 2.45) is 0 Å². The maximum Gasteiger partial charge on any atom is 0.252 e. The Labute approximate surface area is 261 Å². The van der Waals surface area contributed by atoms with Crippen LogP contribution in [0.3, 0.4) is 0 Å². The molecular formula is C37H19BF5N3. The molecule has 6 aromatic carbocycles. The maximum absolute atomic E-state index is 15.2. The SMILES string of the molecule is [C-]#[N+]c1ccc2c(c1)N(c1ccccc1)c1cccc3c1B2c1cc(-c2c(F)c(F)c(F)c(F)c2F)ccc1N3c1ccccc1. The fourth-order valence-electron chi connectivity index (χ4n) is 6.72. The Morgan fingerprint density at radius 3 is 1.65 bits per heavy atom. The van der Waals surface area contributed by atoms with Crippen molar-refractivity contribution in [2.45, 2.75) is 0 Å². The summed E-state index contributed by atoms with van der Waals surface area (Å²) in [5, 5.41) is 0. The molecule has 0 spiro atoms. The van der Waals surface area contributed by atoms with Crippen LogP contribution in [0.2, 0.25) is 0 Å². The maximum atomic E-state index is 15.2. The van der Waals surface area contributed by atoms with Gasteiger partial charge in [-0.3, -0.25) is 0 Å². The van der Waals surface area contributed by atoms with Gasteiger partial charge in [0.25, 0.3) is 6.71 Å². The van der Waals surface area contributed by atoms with Gasteiger partial charge in [0.05, 0.1) is 12.1 Å². The topological polar surface area (TPSA) is 10.8 Å². The normalized spacial score (nSPS) is 12.7. The molecule has 0 amide bonds. The van der Waals surface area contributed by atoms with Crippen LogP contribution in [-0.2, 0) is 0 Å². The second kappa shape index (κ2) is 10.4. The van der Waals surface area contributed by atoms with Crippen molar-refractivity contribution in [3.05, 3.63) is 156 Å². The van der Waals surface area contributed by atoms with Crippen LogP contribution >= 0.6 is 0 Å². The monoisotopic (exact) mass is 611 g/mol. The molecule has 6 aromatic rings. The van der Waals surface area contributed by atoms with Gasteiger partial charge in [-0.05, 0) is 70.5 Å². The van der Waals surface area contributed by atoms with E-state index in [4.69, 9.17) is 6.57 Å². The Kier molecular flexibility index (Phi) is 6.22. The average Bonchev–Trinajstić information content (AvgIpc) is 3.10. The number of rotatable bonds is 3. The molecule has 8 rings (SSSR count). The first-order valence-electron chi connectivity index (χ1n) is 14.4. The molecular weight excluding hydrogens is 592 g/mol. The lowest BCUT2D eigenvalue weighted by molar-refractivity contribution is 0.381. The van der Waals surface area contributed by atoms with Gasteiger partial charge >= 0.3 is 0 Å². The van der Waals surface area contributed by atoms with Gasteiger partial charge in [-0.1, -0.05) is 66.7 Å². The number of para-hydroxylation sites is 2. The second-order valence-corrected chi connectivity index (χ2v) is 11.1. The largest absolute Gasteiger partial charge is 0.313 e. The number of halogens is 5. The van der Waals surface area contributed by atoms with Crippen molar-refractivity contribution in [1.82, 2.24) is 0 Å². The second-order valence-electron chi connectivity index (χ2n) is 11.1. The number of hydrogen-bond donors (Lipinski definition) is 0. The molecule has 0 saturated heterocycles. The van der Waals surface area contributed by atoms with E-state index >= 15 is 8.78 Å². The lowest BCUT2D eigenvalue weighted by atomic mass is 9.33. The van der Waals surface area contributed by atoms with Gasteiger partial charge in [-0.15, -0.1) is 0 Å². The zero-order valence-electron chi connectivity index (χ0n) is 23.8. The Balaban J connectivity index is 1.47. The molecule has 2 aliphatic heterocycles. The third-order valence-corrected chi connectivity index (χ3v) is 8.63. The van der Waals surface area contributed by atoms with Gasteiger partial charge in [0.15, 0.2) is 29.0 Å². The van der Waals surface area contributed by atoms with Crippen LogP contribution < -0.4 is 26.2 Å². The molecule has 0 aliphatic carbocycles. The number of hydrogen-bond acceptors (Lipinski definition) is 2. The molecule has 0 aromatic heterocycles.